The van der Waals surface area contributed by atoms with Crippen molar-refractivity contribution in [2.75, 3.05) is 4.72 Å². The van der Waals surface area contributed by atoms with E-state index in [0.29, 0.717) is 10.5 Å². The highest BCUT2D eigenvalue weighted by Gasteiger charge is 2.27. The minimum Gasteiger partial charge on any atom is -0.364 e. The summed E-state index contributed by atoms with van der Waals surface area (Å²) in [5.41, 5.74) is 5.70. The Morgan fingerprint density at radius 2 is 1.83 bits per heavy atom. The highest BCUT2D eigenvalue weighted by atomic mass is 35.5. The number of amides is 1. The van der Waals surface area contributed by atoms with Crippen molar-refractivity contribution in [3.05, 3.63) is 58.2 Å². The number of fused-ring (bicyclic) bond motifs is 1. The molecule has 24 heavy (non-hydrogen) atoms. The number of primary amides is 1. The van der Waals surface area contributed by atoms with Gasteiger partial charge in [0.15, 0.2) is 0 Å². The Morgan fingerprint density at radius 1 is 1.12 bits per heavy atom. The number of carbonyl (C=O) groups is 1. The third kappa shape index (κ3) is 2.93. The summed E-state index contributed by atoms with van der Waals surface area (Å²) in [6, 6.07) is 10.9. The number of nitrogens with two attached hydrogens (primary N) is 1. The lowest BCUT2D eigenvalue weighted by atomic mass is 10.2. The average molecular weight is 384 g/mol. The van der Waals surface area contributed by atoms with Gasteiger partial charge in [0, 0.05) is 15.9 Å². The van der Waals surface area contributed by atoms with Gasteiger partial charge < -0.3 is 10.7 Å². The van der Waals surface area contributed by atoms with Crippen LogP contribution in [-0.4, -0.2) is 19.3 Å². The number of benzene rings is 2. The summed E-state index contributed by atoms with van der Waals surface area (Å²) in [6.45, 7) is 0. The van der Waals surface area contributed by atoms with Crippen LogP contribution in [-0.2, 0) is 10.0 Å². The molecule has 3 rings (SSSR count). The summed E-state index contributed by atoms with van der Waals surface area (Å²) >= 11 is 11.9. The predicted octanol–water partition coefficient (Wildman–Crippen LogP) is 3.37. The fourth-order valence-electron chi connectivity index (χ4n) is 2.33. The van der Waals surface area contributed by atoms with Crippen LogP contribution in [0.3, 0.4) is 0 Å². The Labute approximate surface area is 147 Å². The standard InChI is InChI=1S/C15H11Cl2N3O3S/c16-8-5-6-11-9(7-8)14(13(19-11)15(18)21)24(22,23)20-12-4-2-1-3-10(12)17/h1-7,19-20H,(H2,18,21). The number of hydrogen-bond donors (Lipinski definition) is 3. The van der Waals surface area contributed by atoms with Crippen molar-refractivity contribution in [3.63, 3.8) is 0 Å². The maximum atomic E-state index is 12.8. The van der Waals surface area contributed by atoms with Crippen molar-refractivity contribution in [1.82, 2.24) is 4.98 Å². The van der Waals surface area contributed by atoms with Crippen LogP contribution in [0.4, 0.5) is 5.69 Å². The smallest absolute Gasteiger partial charge is 0.266 e. The van der Waals surface area contributed by atoms with Gasteiger partial charge in [-0.15, -0.1) is 0 Å². The van der Waals surface area contributed by atoms with Gasteiger partial charge in [-0.2, -0.15) is 0 Å². The largest absolute Gasteiger partial charge is 0.364 e. The number of aromatic nitrogens is 1. The highest BCUT2D eigenvalue weighted by molar-refractivity contribution is 7.93. The van der Waals surface area contributed by atoms with Crippen molar-refractivity contribution in [2.24, 2.45) is 5.73 Å². The fourth-order valence-corrected chi connectivity index (χ4v) is 4.19. The van der Waals surface area contributed by atoms with Gasteiger partial charge in [-0.25, -0.2) is 8.42 Å². The number of sulfonamides is 1. The molecule has 124 valence electrons. The Hall–Kier alpha value is -2.22. The van der Waals surface area contributed by atoms with Gasteiger partial charge in [-0.3, -0.25) is 9.52 Å². The van der Waals surface area contributed by atoms with Crippen LogP contribution < -0.4 is 10.5 Å². The first-order valence-corrected chi connectivity index (χ1v) is 8.92. The van der Waals surface area contributed by atoms with E-state index in [9.17, 15) is 13.2 Å². The minimum absolute atomic E-state index is 0.186. The summed E-state index contributed by atoms with van der Waals surface area (Å²) in [4.78, 5) is 14.1. The average Bonchev–Trinajstić information content (AvgIpc) is 2.89. The van der Waals surface area contributed by atoms with Crippen LogP contribution in [0.2, 0.25) is 10.0 Å². The van der Waals surface area contributed by atoms with Crippen LogP contribution >= 0.6 is 23.2 Å². The second-order valence-corrected chi connectivity index (χ2v) is 7.43. The zero-order chi connectivity index (χ0) is 17.5. The molecule has 0 aliphatic heterocycles. The van der Waals surface area contributed by atoms with Crippen molar-refractivity contribution in [1.29, 1.82) is 0 Å². The number of nitrogens with one attached hydrogen (secondary N) is 2. The maximum absolute atomic E-state index is 12.8. The van der Waals surface area contributed by atoms with E-state index < -0.39 is 15.9 Å². The fraction of sp³-hybridized carbons (Fsp3) is 0. The number of halogens is 2. The van der Waals surface area contributed by atoms with Crippen LogP contribution in [0.15, 0.2) is 47.4 Å². The van der Waals surface area contributed by atoms with E-state index in [-0.39, 0.29) is 26.7 Å². The topological polar surface area (TPSA) is 105 Å². The van der Waals surface area contributed by atoms with Crippen molar-refractivity contribution >= 4 is 55.7 Å². The monoisotopic (exact) mass is 383 g/mol. The van der Waals surface area contributed by atoms with E-state index in [4.69, 9.17) is 28.9 Å². The van der Waals surface area contributed by atoms with Gasteiger partial charge >= 0.3 is 0 Å². The molecule has 0 unspecified atom stereocenters. The molecule has 1 aromatic heterocycles. The first-order chi connectivity index (χ1) is 11.3. The molecule has 4 N–H and O–H groups in total. The maximum Gasteiger partial charge on any atom is 0.266 e. The first kappa shape index (κ1) is 16.6. The molecule has 0 bridgehead atoms. The Kier molecular flexibility index (Phi) is 4.16. The molecule has 0 saturated heterocycles. The zero-order valence-corrected chi connectivity index (χ0v) is 14.3. The van der Waals surface area contributed by atoms with E-state index in [1.165, 1.54) is 12.1 Å². The molecule has 0 aliphatic carbocycles. The summed E-state index contributed by atoms with van der Waals surface area (Å²) in [5.74, 6) is -0.901. The van der Waals surface area contributed by atoms with E-state index in [1.54, 1.807) is 30.3 Å². The Balaban J connectivity index is 2.23. The van der Waals surface area contributed by atoms with E-state index in [2.05, 4.69) is 9.71 Å². The predicted molar refractivity (Wildman–Crippen MR) is 94.1 cm³/mol. The molecule has 1 amide bonds. The van der Waals surface area contributed by atoms with E-state index >= 15 is 0 Å². The van der Waals surface area contributed by atoms with Gasteiger partial charge in [0.2, 0.25) is 0 Å². The number of H-pyrrole nitrogens is 1. The molecule has 2 aromatic carbocycles. The summed E-state index contributed by atoms with van der Waals surface area (Å²) in [5, 5.41) is 0.808. The molecule has 6 nitrogen and oxygen atoms in total. The lowest BCUT2D eigenvalue weighted by Crippen LogP contribution is -2.20. The summed E-state index contributed by atoms with van der Waals surface area (Å²) in [7, 11) is -4.14. The quantitative estimate of drug-likeness (QED) is 0.642. The molecule has 3 aromatic rings. The normalized spacial score (nSPS) is 11.6. The van der Waals surface area contributed by atoms with E-state index in [0.717, 1.165) is 0 Å². The van der Waals surface area contributed by atoms with Gasteiger partial charge in [0.25, 0.3) is 15.9 Å². The Morgan fingerprint density at radius 3 is 2.50 bits per heavy atom. The number of rotatable bonds is 4. The van der Waals surface area contributed by atoms with Gasteiger partial charge in [0.1, 0.15) is 10.6 Å². The summed E-state index contributed by atoms with van der Waals surface area (Å²) < 4.78 is 28.0. The number of anilines is 1. The second-order valence-electron chi connectivity index (χ2n) is 4.97. The third-order valence-corrected chi connectivity index (χ3v) is 5.36. The number of carbonyl (C=O) groups excluding carboxylic acids is 1. The van der Waals surface area contributed by atoms with Crippen molar-refractivity contribution in [3.8, 4) is 0 Å². The minimum atomic E-state index is -4.14. The Bertz CT molecular complexity index is 1060. The van der Waals surface area contributed by atoms with Gasteiger partial charge in [-0.1, -0.05) is 35.3 Å². The van der Waals surface area contributed by atoms with Crippen LogP contribution in [0.1, 0.15) is 10.5 Å². The molecule has 0 fully saturated rings. The first-order valence-electron chi connectivity index (χ1n) is 6.68. The molecule has 1 heterocycles. The molecule has 0 saturated carbocycles. The zero-order valence-electron chi connectivity index (χ0n) is 12.0. The van der Waals surface area contributed by atoms with Crippen LogP contribution in [0.25, 0.3) is 10.9 Å². The molecular formula is C15H11Cl2N3O3S. The lowest BCUT2D eigenvalue weighted by molar-refractivity contribution is 0.0993. The highest BCUT2D eigenvalue weighted by Crippen LogP contribution is 2.32. The summed E-state index contributed by atoms with van der Waals surface area (Å²) in [6.07, 6.45) is 0. The number of hydrogen-bond acceptors (Lipinski definition) is 3. The molecule has 0 spiro atoms. The molecule has 0 radical (unpaired) electrons. The second kappa shape index (κ2) is 6.01. The number of aromatic amines is 1. The van der Waals surface area contributed by atoms with Crippen LogP contribution in [0.5, 0.6) is 0 Å². The molecular weight excluding hydrogens is 373 g/mol. The molecule has 0 atom stereocenters. The molecule has 9 heteroatoms. The van der Waals surface area contributed by atoms with E-state index in [1.807, 2.05) is 0 Å². The van der Waals surface area contributed by atoms with Crippen molar-refractivity contribution < 1.29 is 13.2 Å². The van der Waals surface area contributed by atoms with Gasteiger partial charge in [0.05, 0.1) is 10.7 Å². The number of para-hydroxylation sites is 1. The molecule has 0 aliphatic rings. The SMILES string of the molecule is NC(=O)c1[nH]c2ccc(Cl)cc2c1S(=O)(=O)Nc1ccccc1Cl. The lowest BCUT2D eigenvalue weighted by Gasteiger charge is -2.10. The van der Waals surface area contributed by atoms with Gasteiger partial charge in [-0.05, 0) is 30.3 Å². The van der Waals surface area contributed by atoms with Crippen LogP contribution in [0, 0.1) is 0 Å². The third-order valence-electron chi connectivity index (χ3n) is 3.35. The van der Waals surface area contributed by atoms with Crippen molar-refractivity contribution in [2.45, 2.75) is 4.90 Å².